The first-order valence-electron chi connectivity index (χ1n) is 6.86. The number of aliphatic hydroxyl groups excluding tert-OH is 2. The molecule has 0 aromatic carbocycles. The number of rotatable bonds is 7. The van der Waals surface area contributed by atoms with Crippen LogP contribution in [0, 0.1) is 0 Å². The Morgan fingerprint density at radius 2 is 2.39 bits per heavy atom. The average Bonchev–Trinajstić information content (AvgIpc) is 2.83. The van der Waals surface area contributed by atoms with Crippen LogP contribution < -0.4 is 11.4 Å². The molecule has 0 radical (unpaired) electrons. The molecule has 0 bridgehead atoms. The van der Waals surface area contributed by atoms with Gasteiger partial charge >= 0.3 is 5.69 Å². The number of ether oxygens (including phenoxy) is 2. The van der Waals surface area contributed by atoms with Crippen molar-refractivity contribution in [1.82, 2.24) is 14.5 Å². The van der Waals surface area contributed by atoms with E-state index in [9.17, 15) is 15.0 Å². The molecule has 1 aliphatic rings. The largest absolute Gasteiger partial charge is 0.394 e. The zero-order valence-electron chi connectivity index (χ0n) is 12.1. The van der Waals surface area contributed by atoms with Crippen LogP contribution in [0.1, 0.15) is 12.6 Å². The summed E-state index contributed by atoms with van der Waals surface area (Å²) in [4.78, 5) is 21.7. The predicted octanol–water partition coefficient (Wildman–Crippen LogP) is -1.44. The van der Waals surface area contributed by atoms with Crippen molar-refractivity contribution in [3.8, 4) is 0 Å². The van der Waals surface area contributed by atoms with Gasteiger partial charge in [-0.3, -0.25) is 4.57 Å². The Labute approximate surface area is 130 Å². The summed E-state index contributed by atoms with van der Waals surface area (Å²) in [5.74, 6) is -0.185. The molecule has 1 aliphatic heterocycles. The molecule has 0 saturated carbocycles. The summed E-state index contributed by atoms with van der Waals surface area (Å²) in [5, 5.41) is 22.8. The molecular weight excluding hydrogens is 310 g/mol. The minimum Gasteiger partial charge on any atom is -0.394 e. The molecule has 1 fully saturated rings. The van der Waals surface area contributed by atoms with Crippen LogP contribution in [0.15, 0.2) is 16.2 Å². The number of hydrogen-bond donors (Lipinski definition) is 3. The molecule has 0 amide bonds. The molecule has 23 heavy (non-hydrogen) atoms. The molecule has 12 heteroatoms. The van der Waals surface area contributed by atoms with Gasteiger partial charge in [-0.05, 0) is 12.0 Å². The third kappa shape index (κ3) is 3.94. The normalized spacial score (nSPS) is 26.9. The lowest BCUT2D eigenvalue weighted by Gasteiger charge is -2.21. The molecule has 126 valence electrons. The second-order valence-corrected chi connectivity index (χ2v) is 4.79. The number of aromatic nitrogens is 3. The lowest BCUT2D eigenvalue weighted by molar-refractivity contribution is -0.0748. The fraction of sp³-hybridized carbons (Fsp3) is 0.727. The van der Waals surface area contributed by atoms with E-state index >= 15 is 0 Å². The van der Waals surface area contributed by atoms with E-state index in [4.69, 9.17) is 20.7 Å². The number of nitrogens with two attached hydrogens (primary N) is 1. The van der Waals surface area contributed by atoms with Gasteiger partial charge in [-0.15, -0.1) is 0 Å². The van der Waals surface area contributed by atoms with Crippen LogP contribution in [0.4, 0.5) is 5.95 Å². The summed E-state index contributed by atoms with van der Waals surface area (Å²) in [6.45, 7) is -0.0383. The van der Waals surface area contributed by atoms with E-state index in [0.717, 1.165) is 10.9 Å². The molecular formula is C11H17N7O5. The summed E-state index contributed by atoms with van der Waals surface area (Å²) in [6.07, 6.45) is -2.41. The molecule has 1 aromatic rings. The highest BCUT2D eigenvalue weighted by Crippen LogP contribution is 2.30. The Hall–Kier alpha value is -2.24. The van der Waals surface area contributed by atoms with Crippen LogP contribution in [-0.4, -0.2) is 62.8 Å². The van der Waals surface area contributed by atoms with Crippen LogP contribution in [0.25, 0.3) is 10.4 Å². The molecule has 2 heterocycles. The maximum absolute atomic E-state index is 11.9. The Balaban J connectivity index is 2.14. The fourth-order valence-electron chi connectivity index (χ4n) is 2.20. The van der Waals surface area contributed by atoms with Gasteiger partial charge in [0, 0.05) is 18.1 Å². The summed E-state index contributed by atoms with van der Waals surface area (Å²) >= 11 is 0. The molecule has 1 aromatic heterocycles. The monoisotopic (exact) mass is 327 g/mol. The van der Waals surface area contributed by atoms with Crippen LogP contribution >= 0.6 is 0 Å². The van der Waals surface area contributed by atoms with Crippen molar-refractivity contribution < 1.29 is 19.7 Å². The first kappa shape index (κ1) is 17.1. The third-order valence-electron chi connectivity index (χ3n) is 3.29. The molecule has 4 N–H and O–H groups in total. The highest BCUT2D eigenvalue weighted by Gasteiger charge is 2.45. The van der Waals surface area contributed by atoms with E-state index in [1.807, 2.05) is 0 Å². The SMILES string of the molecule is [N-]=[N+]=NCCCO[C@@H]1[C@H](O)[C@@H](CO)O[C@H]1n1cnc(N)nc1=O. The zero-order chi connectivity index (χ0) is 16.8. The van der Waals surface area contributed by atoms with Crippen molar-refractivity contribution in [3.05, 3.63) is 27.3 Å². The lowest BCUT2D eigenvalue weighted by Crippen LogP contribution is -2.38. The second kappa shape index (κ2) is 7.85. The minimum absolute atomic E-state index is 0.170. The van der Waals surface area contributed by atoms with Gasteiger partial charge in [0.1, 0.15) is 24.6 Å². The van der Waals surface area contributed by atoms with E-state index in [0.29, 0.717) is 6.42 Å². The van der Waals surface area contributed by atoms with Crippen molar-refractivity contribution in [1.29, 1.82) is 0 Å². The summed E-state index contributed by atoms with van der Waals surface area (Å²) in [5.41, 5.74) is 12.8. The van der Waals surface area contributed by atoms with E-state index in [1.54, 1.807) is 0 Å². The van der Waals surface area contributed by atoms with Crippen LogP contribution in [-0.2, 0) is 9.47 Å². The number of hydrogen-bond acceptors (Lipinski definition) is 9. The maximum atomic E-state index is 11.9. The molecule has 12 nitrogen and oxygen atoms in total. The molecule has 2 rings (SSSR count). The molecule has 0 spiro atoms. The number of nitrogens with zero attached hydrogens (tertiary/aromatic N) is 6. The van der Waals surface area contributed by atoms with Crippen LogP contribution in [0.3, 0.4) is 0 Å². The van der Waals surface area contributed by atoms with Crippen molar-refractivity contribution >= 4 is 5.95 Å². The van der Waals surface area contributed by atoms with Gasteiger partial charge < -0.3 is 25.4 Å². The minimum atomic E-state index is -1.14. The number of nitrogen functional groups attached to an aromatic ring is 1. The highest BCUT2D eigenvalue weighted by atomic mass is 16.6. The fourth-order valence-corrected chi connectivity index (χ4v) is 2.20. The van der Waals surface area contributed by atoms with Gasteiger partial charge in [-0.1, -0.05) is 5.11 Å². The van der Waals surface area contributed by atoms with Crippen molar-refractivity contribution in [2.24, 2.45) is 5.11 Å². The van der Waals surface area contributed by atoms with Gasteiger partial charge in [0.25, 0.3) is 0 Å². The number of azide groups is 1. The van der Waals surface area contributed by atoms with E-state index in [2.05, 4.69) is 20.0 Å². The second-order valence-electron chi connectivity index (χ2n) is 4.79. The molecule has 4 atom stereocenters. The summed E-state index contributed by atoms with van der Waals surface area (Å²) < 4.78 is 12.0. The number of anilines is 1. The molecule has 0 unspecified atom stereocenters. The zero-order valence-corrected chi connectivity index (χ0v) is 12.1. The van der Waals surface area contributed by atoms with E-state index in [-0.39, 0.29) is 19.1 Å². The van der Waals surface area contributed by atoms with Gasteiger partial charge in [0.2, 0.25) is 5.95 Å². The average molecular weight is 327 g/mol. The quantitative estimate of drug-likeness (QED) is 0.235. The first-order valence-corrected chi connectivity index (χ1v) is 6.86. The van der Waals surface area contributed by atoms with Crippen molar-refractivity contribution in [2.75, 3.05) is 25.5 Å². The van der Waals surface area contributed by atoms with E-state index < -0.39 is 36.8 Å². The maximum Gasteiger partial charge on any atom is 0.354 e. The van der Waals surface area contributed by atoms with Gasteiger partial charge in [0.05, 0.1) is 6.61 Å². The molecule has 0 aliphatic carbocycles. The summed E-state index contributed by atoms with van der Waals surface area (Å²) in [7, 11) is 0. The van der Waals surface area contributed by atoms with Crippen LogP contribution in [0.2, 0.25) is 0 Å². The predicted molar refractivity (Wildman–Crippen MR) is 76.1 cm³/mol. The van der Waals surface area contributed by atoms with E-state index in [1.165, 1.54) is 0 Å². The van der Waals surface area contributed by atoms with Gasteiger partial charge in [-0.2, -0.15) is 4.98 Å². The van der Waals surface area contributed by atoms with Crippen molar-refractivity contribution in [3.63, 3.8) is 0 Å². The smallest absolute Gasteiger partial charge is 0.354 e. The van der Waals surface area contributed by atoms with Crippen molar-refractivity contribution in [2.45, 2.75) is 31.0 Å². The number of aliphatic hydroxyl groups is 2. The lowest BCUT2D eigenvalue weighted by atomic mass is 10.1. The Bertz CT molecular complexity index is 631. The Morgan fingerprint density at radius 3 is 3.04 bits per heavy atom. The first-order chi connectivity index (χ1) is 11.1. The third-order valence-corrected chi connectivity index (χ3v) is 3.29. The summed E-state index contributed by atoms with van der Waals surface area (Å²) in [6, 6.07) is 0. The standard InChI is InChI=1S/C11H17N7O5/c12-10-14-5-18(11(21)16-10)9-8(7(20)6(4-19)23-9)22-3-1-2-15-17-13/h5-9,19-20H,1-4H2,(H2,12,16,21)/t6-,7-,8-,9-/m1/s1. The van der Waals surface area contributed by atoms with Gasteiger partial charge in [-0.25, -0.2) is 9.78 Å². The molecule has 1 saturated heterocycles. The Kier molecular flexibility index (Phi) is 5.84. The van der Waals surface area contributed by atoms with Gasteiger partial charge in [0.15, 0.2) is 6.23 Å². The van der Waals surface area contributed by atoms with Crippen LogP contribution in [0.5, 0.6) is 0 Å². The topological polar surface area (TPSA) is 181 Å². The Morgan fingerprint density at radius 1 is 1.61 bits per heavy atom. The highest BCUT2D eigenvalue weighted by molar-refractivity contribution is 5.10.